The molecule has 0 aliphatic rings. The zero-order valence-corrected chi connectivity index (χ0v) is 11.4. The maximum absolute atomic E-state index is 12.0. The summed E-state index contributed by atoms with van der Waals surface area (Å²) >= 11 is 0. The van der Waals surface area contributed by atoms with Crippen molar-refractivity contribution < 1.29 is 18.3 Å². The number of hydrogen-bond acceptors (Lipinski definition) is 3. The van der Waals surface area contributed by atoms with Crippen molar-refractivity contribution in [2.75, 3.05) is 6.54 Å². The third-order valence-corrected chi connectivity index (χ3v) is 2.80. The third kappa shape index (κ3) is 5.97. The molecule has 112 valence electrons. The lowest BCUT2D eigenvalue weighted by molar-refractivity contribution is -0.122. The highest BCUT2D eigenvalue weighted by atomic mass is 19.3. The van der Waals surface area contributed by atoms with Gasteiger partial charge in [0.15, 0.2) is 0 Å². The summed E-state index contributed by atoms with van der Waals surface area (Å²) in [5, 5.41) is 2.75. The van der Waals surface area contributed by atoms with Gasteiger partial charge in [-0.05, 0) is 30.5 Å². The Kier molecular flexibility index (Phi) is 6.93. The van der Waals surface area contributed by atoms with Gasteiger partial charge in [0, 0.05) is 6.54 Å². The maximum atomic E-state index is 12.0. The van der Waals surface area contributed by atoms with Gasteiger partial charge in [-0.15, -0.1) is 0 Å². The predicted molar refractivity (Wildman–Crippen MR) is 72.7 cm³/mol. The number of nitrogens with two attached hydrogens (primary N) is 1. The highest BCUT2D eigenvalue weighted by molar-refractivity contribution is 5.81. The lowest BCUT2D eigenvalue weighted by atomic mass is 10.1. The minimum Gasteiger partial charge on any atom is -0.435 e. The van der Waals surface area contributed by atoms with Crippen LogP contribution in [0.2, 0.25) is 0 Å². The number of halogens is 2. The SMILES string of the molecule is CCC[C@H](N)C(=O)NCCc1ccc(OC(F)F)cc1. The van der Waals surface area contributed by atoms with Crippen LogP contribution >= 0.6 is 0 Å². The summed E-state index contributed by atoms with van der Waals surface area (Å²) in [6.45, 7) is -0.387. The first-order chi connectivity index (χ1) is 9.52. The van der Waals surface area contributed by atoms with Crippen molar-refractivity contribution in [3.8, 4) is 5.75 Å². The Morgan fingerprint density at radius 3 is 2.55 bits per heavy atom. The standard InChI is InChI=1S/C14H20F2N2O2/c1-2-3-12(17)13(19)18-9-8-10-4-6-11(7-5-10)20-14(15)16/h4-7,12,14H,2-3,8-9,17H2,1H3,(H,18,19)/t12-/m0/s1. The molecule has 1 atom stereocenters. The molecule has 1 aromatic carbocycles. The Morgan fingerprint density at radius 1 is 1.35 bits per heavy atom. The summed E-state index contributed by atoms with van der Waals surface area (Å²) in [6, 6.07) is 5.87. The van der Waals surface area contributed by atoms with Crippen LogP contribution in [0.5, 0.6) is 5.75 Å². The molecule has 0 aliphatic carbocycles. The predicted octanol–water partition coefficient (Wildman–Crippen LogP) is 2.07. The monoisotopic (exact) mass is 286 g/mol. The second-order valence-corrected chi connectivity index (χ2v) is 4.46. The molecule has 1 aromatic rings. The summed E-state index contributed by atoms with van der Waals surface area (Å²) in [7, 11) is 0. The first-order valence-corrected chi connectivity index (χ1v) is 6.60. The molecule has 0 aromatic heterocycles. The first kappa shape index (κ1) is 16.4. The quantitative estimate of drug-likeness (QED) is 0.769. The summed E-state index contributed by atoms with van der Waals surface area (Å²) in [5.41, 5.74) is 6.60. The van der Waals surface area contributed by atoms with Crippen molar-refractivity contribution >= 4 is 5.91 Å². The van der Waals surface area contributed by atoms with Crippen LogP contribution in [0, 0.1) is 0 Å². The zero-order chi connectivity index (χ0) is 15.0. The zero-order valence-electron chi connectivity index (χ0n) is 11.4. The molecule has 0 saturated carbocycles. The van der Waals surface area contributed by atoms with Crippen LogP contribution in [-0.4, -0.2) is 25.1 Å². The van der Waals surface area contributed by atoms with Gasteiger partial charge in [0.05, 0.1) is 6.04 Å². The molecule has 1 rings (SSSR count). The van der Waals surface area contributed by atoms with Crippen molar-refractivity contribution in [3.05, 3.63) is 29.8 Å². The van der Waals surface area contributed by atoms with Crippen molar-refractivity contribution in [2.45, 2.75) is 38.8 Å². The summed E-state index contributed by atoms with van der Waals surface area (Å²) in [4.78, 5) is 11.6. The van der Waals surface area contributed by atoms with Gasteiger partial charge < -0.3 is 15.8 Å². The van der Waals surface area contributed by atoms with Crippen LogP contribution in [-0.2, 0) is 11.2 Å². The average Bonchev–Trinajstić information content (AvgIpc) is 2.40. The van der Waals surface area contributed by atoms with E-state index in [0.717, 1.165) is 12.0 Å². The fourth-order valence-electron chi connectivity index (χ4n) is 1.74. The van der Waals surface area contributed by atoms with E-state index in [9.17, 15) is 13.6 Å². The van der Waals surface area contributed by atoms with E-state index >= 15 is 0 Å². The Bertz CT molecular complexity index is 410. The molecule has 0 fully saturated rings. The number of amides is 1. The smallest absolute Gasteiger partial charge is 0.387 e. The van der Waals surface area contributed by atoms with Crippen molar-refractivity contribution in [3.63, 3.8) is 0 Å². The largest absolute Gasteiger partial charge is 0.435 e. The van der Waals surface area contributed by atoms with Gasteiger partial charge in [0.2, 0.25) is 5.91 Å². The number of alkyl halides is 2. The van der Waals surface area contributed by atoms with Crippen molar-refractivity contribution in [1.82, 2.24) is 5.32 Å². The van der Waals surface area contributed by atoms with E-state index in [1.807, 2.05) is 6.92 Å². The number of hydrogen-bond donors (Lipinski definition) is 2. The molecular weight excluding hydrogens is 266 g/mol. The Morgan fingerprint density at radius 2 is 2.00 bits per heavy atom. The molecule has 0 spiro atoms. The normalized spacial score (nSPS) is 12.2. The molecule has 6 heteroatoms. The lowest BCUT2D eigenvalue weighted by Crippen LogP contribution is -2.41. The number of carbonyl (C=O) groups is 1. The Hall–Kier alpha value is -1.69. The first-order valence-electron chi connectivity index (χ1n) is 6.60. The molecule has 0 heterocycles. The molecule has 0 bridgehead atoms. The highest BCUT2D eigenvalue weighted by Gasteiger charge is 2.11. The van der Waals surface area contributed by atoms with Crippen LogP contribution in [0.1, 0.15) is 25.3 Å². The minimum atomic E-state index is -2.82. The molecular formula is C14H20F2N2O2. The van der Waals surface area contributed by atoms with Crippen molar-refractivity contribution in [2.24, 2.45) is 5.73 Å². The number of carbonyl (C=O) groups excluding carboxylic acids is 1. The fraction of sp³-hybridized carbons (Fsp3) is 0.500. The molecule has 0 saturated heterocycles. The van der Waals surface area contributed by atoms with Gasteiger partial charge in [-0.3, -0.25) is 4.79 Å². The topological polar surface area (TPSA) is 64.4 Å². The molecule has 4 nitrogen and oxygen atoms in total. The average molecular weight is 286 g/mol. The molecule has 0 aliphatic heterocycles. The molecule has 20 heavy (non-hydrogen) atoms. The minimum absolute atomic E-state index is 0.123. The third-order valence-electron chi connectivity index (χ3n) is 2.80. The van der Waals surface area contributed by atoms with E-state index in [0.29, 0.717) is 19.4 Å². The molecule has 0 unspecified atom stereocenters. The van der Waals surface area contributed by atoms with Crippen LogP contribution in [0.3, 0.4) is 0 Å². The van der Waals surface area contributed by atoms with E-state index in [1.165, 1.54) is 12.1 Å². The van der Waals surface area contributed by atoms with Crippen molar-refractivity contribution in [1.29, 1.82) is 0 Å². The van der Waals surface area contributed by atoms with Crippen LogP contribution in [0.15, 0.2) is 24.3 Å². The highest BCUT2D eigenvalue weighted by Crippen LogP contribution is 2.14. The van der Waals surface area contributed by atoms with Crippen LogP contribution in [0.25, 0.3) is 0 Å². The molecule has 0 radical (unpaired) electrons. The number of ether oxygens (including phenoxy) is 1. The lowest BCUT2D eigenvalue weighted by Gasteiger charge is -2.11. The van der Waals surface area contributed by atoms with Gasteiger partial charge in [-0.2, -0.15) is 8.78 Å². The van der Waals surface area contributed by atoms with Gasteiger partial charge in [-0.1, -0.05) is 25.5 Å². The van der Waals surface area contributed by atoms with E-state index in [4.69, 9.17) is 5.73 Å². The van der Waals surface area contributed by atoms with E-state index < -0.39 is 12.7 Å². The second-order valence-electron chi connectivity index (χ2n) is 4.46. The number of nitrogens with one attached hydrogen (secondary N) is 1. The molecule has 3 N–H and O–H groups in total. The van der Waals surface area contributed by atoms with E-state index in [1.54, 1.807) is 12.1 Å². The summed E-state index contributed by atoms with van der Waals surface area (Å²) in [6.07, 6.45) is 2.13. The van der Waals surface area contributed by atoms with Crippen LogP contribution in [0.4, 0.5) is 8.78 Å². The van der Waals surface area contributed by atoms with Gasteiger partial charge in [0.25, 0.3) is 0 Å². The van der Waals surface area contributed by atoms with E-state index in [2.05, 4.69) is 10.1 Å². The Balaban J connectivity index is 2.33. The van der Waals surface area contributed by atoms with Crippen LogP contribution < -0.4 is 15.8 Å². The van der Waals surface area contributed by atoms with Gasteiger partial charge in [-0.25, -0.2) is 0 Å². The van der Waals surface area contributed by atoms with Gasteiger partial charge in [0.1, 0.15) is 5.75 Å². The second kappa shape index (κ2) is 8.47. The number of benzene rings is 1. The van der Waals surface area contributed by atoms with E-state index in [-0.39, 0.29) is 11.7 Å². The summed E-state index contributed by atoms with van der Waals surface area (Å²) in [5.74, 6) is -0.0396. The maximum Gasteiger partial charge on any atom is 0.387 e. The number of rotatable bonds is 8. The molecule has 1 amide bonds. The Labute approximate surface area is 117 Å². The van der Waals surface area contributed by atoms with Gasteiger partial charge >= 0.3 is 6.61 Å². The fourth-order valence-corrected chi connectivity index (χ4v) is 1.74. The summed E-state index contributed by atoms with van der Waals surface area (Å²) < 4.78 is 28.2.